The minimum Gasteiger partial charge on any atom is -0.478 e. The molecule has 0 atom stereocenters. The Morgan fingerprint density at radius 2 is 1.54 bits per heavy atom. The van der Waals surface area contributed by atoms with Crippen LogP contribution in [-0.4, -0.2) is 48.1 Å². The number of benzene rings is 2. The van der Waals surface area contributed by atoms with Crippen LogP contribution in [0.2, 0.25) is 10.0 Å². The number of aromatic carboxylic acids is 1. The molecular formula is C28H30Cl2N2O5. The van der Waals surface area contributed by atoms with Gasteiger partial charge in [0.05, 0.1) is 18.1 Å². The van der Waals surface area contributed by atoms with Crippen molar-refractivity contribution in [2.45, 2.75) is 32.6 Å². The first-order valence-electron chi connectivity index (χ1n) is 12.4. The Morgan fingerprint density at radius 3 is 2.11 bits per heavy atom. The van der Waals surface area contributed by atoms with Gasteiger partial charge in [0, 0.05) is 27.4 Å². The molecule has 0 aliphatic carbocycles. The van der Waals surface area contributed by atoms with Crippen LogP contribution in [-0.2, 0) is 0 Å². The normalized spacial score (nSPS) is 14.5. The van der Waals surface area contributed by atoms with Gasteiger partial charge in [0.2, 0.25) is 0 Å². The molecule has 37 heavy (non-hydrogen) atoms. The number of hydrogen-bond donors (Lipinski definition) is 2. The van der Waals surface area contributed by atoms with Gasteiger partial charge in [-0.25, -0.2) is 4.79 Å². The lowest BCUT2D eigenvalue weighted by molar-refractivity contribution is 0.0697. The zero-order valence-electron chi connectivity index (χ0n) is 20.6. The van der Waals surface area contributed by atoms with Crippen molar-refractivity contribution < 1.29 is 23.5 Å². The van der Waals surface area contributed by atoms with Gasteiger partial charge in [-0.2, -0.15) is 0 Å². The molecule has 0 radical (unpaired) electrons. The van der Waals surface area contributed by atoms with Crippen molar-refractivity contribution in [2.75, 3.05) is 26.2 Å². The van der Waals surface area contributed by atoms with Gasteiger partial charge in [0.15, 0.2) is 0 Å². The summed E-state index contributed by atoms with van der Waals surface area (Å²) in [5.74, 6) is -0.591. The Kier molecular flexibility index (Phi) is 9.14. The van der Waals surface area contributed by atoms with Crippen LogP contribution < -0.4 is 5.32 Å². The number of likely N-dealkylation sites (tertiary alicyclic amines) is 1. The van der Waals surface area contributed by atoms with Gasteiger partial charge in [-0.05, 0) is 81.2 Å². The highest BCUT2D eigenvalue weighted by Crippen LogP contribution is 2.26. The number of piperidine rings is 1. The summed E-state index contributed by atoms with van der Waals surface area (Å²) < 4.78 is 10.5. The minimum absolute atomic E-state index is 0.0903. The number of halogens is 2. The Labute approximate surface area is 225 Å². The van der Waals surface area contributed by atoms with E-state index in [1.807, 2.05) is 12.1 Å². The average Bonchev–Trinajstić information content (AvgIpc) is 3.55. The maximum Gasteiger partial charge on any atom is 0.339 e. The molecule has 1 saturated heterocycles. The van der Waals surface area contributed by atoms with Crippen molar-refractivity contribution in [1.82, 2.24) is 10.2 Å². The van der Waals surface area contributed by atoms with Crippen LogP contribution in [0.1, 0.15) is 53.3 Å². The predicted octanol–water partition coefficient (Wildman–Crippen LogP) is 7.11. The van der Waals surface area contributed by atoms with Gasteiger partial charge in [0.25, 0.3) is 5.91 Å². The largest absolute Gasteiger partial charge is 0.478 e. The van der Waals surface area contributed by atoms with Gasteiger partial charge in [0.1, 0.15) is 16.7 Å². The first-order chi connectivity index (χ1) is 17.9. The Balaban J connectivity index is 0.000000207. The standard InChI is InChI=1S/C19H25ClN2O2.C9H5ClO3/c1-2-3-7-22-8-4-14(5-9-22)13-21-19(23)17-12-16(20)11-15-6-10-24-18(15)17;10-6-3-5-1-2-13-8(5)7(4-6)9(11)12/h6,10-12,14H,2-5,7-9,13H2,1H3,(H,21,23);1-4H,(H,11,12). The van der Waals surface area contributed by atoms with Crippen molar-refractivity contribution in [2.24, 2.45) is 5.92 Å². The smallest absolute Gasteiger partial charge is 0.339 e. The van der Waals surface area contributed by atoms with Crippen molar-refractivity contribution >= 4 is 57.0 Å². The van der Waals surface area contributed by atoms with E-state index in [2.05, 4.69) is 17.1 Å². The highest BCUT2D eigenvalue weighted by Gasteiger charge is 2.21. The van der Waals surface area contributed by atoms with E-state index < -0.39 is 5.97 Å². The molecule has 9 heteroatoms. The van der Waals surface area contributed by atoms with E-state index in [9.17, 15) is 9.59 Å². The van der Waals surface area contributed by atoms with E-state index in [1.54, 1.807) is 24.5 Å². The maximum atomic E-state index is 12.5. The van der Waals surface area contributed by atoms with E-state index in [0.29, 0.717) is 38.1 Å². The predicted molar refractivity (Wildman–Crippen MR) is 146 cm³/mol. The molecule has 1 fully saturated rings. The zero-order valence-corrected chi connectivity index (χ0v) is 22.1. The summed E-state index contributed by atoms with van der Waals surface area (Å²) in [5.41, 5.74) is 1.57. The molecule has 1 aliphatic heterocycles. The second-order valence-corrected chi connectivity index (χ2v) is 10.1. The molecule has 4 aromatic rings. The van der Waals surface area contributed by atoms with Crippen LogP contribution in [0, 0.1) is 5.92 Å². The van der Waals surface area contributed by atoms with Crippen LogP contribution in [0.4, 0.5) is 0 Å². The molecule has 1 aliphatic rings. The summed E-state index contributed by atoms with van der Waals surface area (Å²) in [4.78, 5) is 25.8. The van der Waals surface area contributed by atoms with E-state index in [4.69, 9.17) is 37.1 Å². The monoisotopic (exact) mass is 544 g/mol. The highest BCUT2D eigenvalue weighted by atomic mass is 35.5. The Morgan fingerprint density at radius 1 is 0.973 bits per heavy atom. The first-order valence-corrected chi connectivity index (χ1v) is 13.2. The molecular weight excluding hydrogens is 515 g/mol. The number of carboxylic acids is 1. The molecule has 1 amide bonds. The number of amides is 1. The van der Waals surface area contributed by atoms with E-state index in [1.165, 1.54) is 31.7 Å². The molecule has 0 spiro atoms. The molecule has 5 rings (SSSR count). The lowest BCUT2D eigenvalue weighted by Gasteiger charge is -2.31. The number of furan rings is 2. The molecule has 0 bridgehead atoms. The summed E-state index contributed by atoms with van der Waals surface area (Å²) in [6.45, 7) is 6.43. The second-order valence-electron chi connectivity index (χ2n) is 9.24. The molecule has 3 heterocycles. The van der Waals surface area contributed by atoms with Crippen molar-refractivity contribution in [3.8, 4) is 0 Å². The van der Waals surface area contributed by atoms with Crippen LogP contribution in [0.25, 0.3) is 21.9 Å². The minimum atomic E-state index is -1.04. The number of unbranched alkanes of at least 4 members (excludes halogenated alkanes) is 1. The number of fused-ring (bicyclic) bond motifs is 2. The SMILES string of the molecule is CCCCN1CCC(CNC(=O)c2cc(Cl)cc3ccoc23)CC1.O=C(O)c1cc(Cl)cc2ccoc12. The number of nitrogens with one attached hydrogen (secondary N) is 1. The molecule has 196 valence electrons. The van der Waals surface area contributed by atoms with Gasteiger partial charge < -0.3 is 24.2 Å². The second kappa shape index (κ2) is 12.5. The molecule has 0 saturated carbocycles. The summed E-state index contributed by atoms with van der Waals surface area (Å²) >= 11 is 11.8. The van der Waals surface area contributed by atoms with Crippen molar-refractivity contribution in [1.29, 1.82) is 0 Å². The third-order valence-electron chi connectivity index (χ3n) is 6.59. The fourth-order valence-electron chi connectivity index (χ4n) is 4.55. The highest BCUT2D eigenvalue weighted by molar-refractivity contribution is 6.32. The van der Waals surface area contributed by atoms with Crippen molar-refractivity contribution in [3.63, 3.8) is 0 Å². The Bertz CT molecular complexity index is 1370. The van der Waals surface area contributed by atoms with Crippen LogP contribution in [0.5, 0.6) is 0 Å². The Hall–Kier alpha value is -3.00. The number of nitrogens with zero attached hydrogens (tertiary/aromatic N) is 1. The van der Waals surface area contributed by atoms with Crippen molar-refractivity contribution in [3.05, 3.63) is 70.1 Å². The van der Waals surface area contributed by atoms with E-state index in [0.717, 1.165) is 37.9 Å². The van der Waals surface area contributed by atoms with Crippen LogP contribution in [0.3, 0.4) is 0 Å². The topological polar surface area (TPSA) is 95.9 Å². The fraction of sp³-hybridized carbons (Fsp3) is 0.357. The van der Waals surface area contributed by atoms with Gasteiger partial charge >= 0.3 is 5.97 Å². The van der Waals surface area contributed by atoms with E-state index >= 15 is 0 Å². The quantitative estimate of drug-likeness (QED) is 0.257. The number of carboxylic acid groups (broad SMARTS) is 1. The average molecular weight is 545 g/mol. The zero-order chi connectivity index (χ0) is 26.4. The van der Waals surface area contributed by atoms with Crippen LogP contribution >= 0.6 is 23.2 Å². The first kappa shape index (κ1) is 27.0. The summed E-state index contributed by atoms with van der Waals surface area (Å²) in [6, 6.07) is 10.0. The molecule has 0 unspecified atom stereocenters. The van der Waals surface area contributed by atoms with Gasteiger partial charge in [-0.1, -0.05) is 36.5 Å². The maximum absolute atomic E-state index is 12.5. The number of hydrogen-bond acceptors (Lipinski definition) is 5. The summed E-state index contributed by atoms with van der Waals surface area (Å²) in [7, 11) is 0. The molecule has 7 nitrogen and oxygen atoms in total. The third-order valence-corrected chi connectivity index (χ3v) is 7.03. The molecule has 2 N–H and O–H groups in total. The molecule has 2 aromatic heterocycles. The van der Waals surface area contributed by atoms with Crippen LogP contribution in [0.15, 0.2) is 57.8 Å². The lowest BCUT2D eigenvalue weighted by atomic mass is 9.96. The summed E-state index contributed by atoms with van der Waals surface area (Å²) in [5, 5.41) is 14.4. The van der Waals surface area contributed by atoms with E-state index in [-0.39, 0.29) is 11.5 Å². The van der Waals surface area contributed by atoms with Gasteiger partial charge in [-0.3, -0.25) is 4.79 Å². The number of rotatable bonds is 7. The number of carbonyl (C=O) groups excluding carboxylic acids is 1. The lowest BCUT2D eigenvalue weighted by Crippen LogP contribution is -2.39. The van der Waals surface area contributed by atoms with Gasteiger partial charge in [-0.15, -0.1) is 0 Å². The number of carbonyl (C=O) groups is 2. The summed E-state index contributed by atoms with van der Waals surface area (Å²) in [6.07, 6.45) is 7.84. The fourth-order valence-corrected chi connectivity index (χ4v) is 5.00. The third kappa shape index (κ3) is 6.86. The molecule has 2 aromatic carbocycles.